The fourth-order valence-electron chi connectivity index (χ4n) is 3.78. The van der Waals surface area contributed by atoms with Crippen molar-refractivity contribution >= 4 is 25.4 Å². The SMILES string of the molecule is CN=Cc1cc(F)ccc1Pc1cc(Cc2ccccc2)cc(Cc2ccccc2)c1O. The highest BCUT2D eigenvalue weighted by molar-refractivity contribution is 7.56. The standard InChI is InChI=1S/C28H25FNOP/c1-30-19-24-18-25(29)12-13-26(24)32-27-17-22(14-20-8-4-2-5-9-20)16-23(28(27)31)15-21-10-6-3-7-11-21/h2-13,16-19,31-32H,14-15H2,1H3. The van der Waals surface area contributed by atoms with Gasteiger partial charge in [0.15, 0.2) is 0 Å². The average Bonchev–Trinajstić information content (AvgIpc) is 2.80. The smallest absolute Gasteiger partial charge is 0.126 e. The van der Waals surface area contributed by atoms with Crippen LogP contribution in [0.5, 0.6) is 5.75 Å². The van der Waals surface area contributed by atoms with Crippen molar-refractivity contribution in [3.8, 4) is 5.75 Å². The van der Waals surface area contributed by atoms with Gasteiger partial charge < -0.3 is 5.11 Å². The molecule has 0 saturated heterocycles. The quantitative estimate of drug-likeness (QED) is 0.303. The van der Waals surface area contributed by atoms with Crippen LogP contribution in [0.1, 0.15) is 27.8 Å². The van der Waals surface area contributed by atoms with Crippen LogP contribution in [0, 0.1) is 5.82 Å². The summed E-state index contributed by atoms with van der Waals surface area (Å²) in [6.07, 6.45) is 3.10. The Morgan fingerprint density at radius 3 is 2.09 bits per heavy atom. The summed E-state index contributed by atoms with van der Waals surface area (Å²) in [5.74, 6) is 0.0213. The molecule has 4 rings (SSSR count). The first-order valence-corrected chi connectivity index (χ1v) is 11.5. The number of phenolic OH excluding ortho intramolecular Hbond substituents is 1. The van der Waals surface area contributed by atoms with Gasteiger partial charge in [0.25, 0.3) is 0 Å². The largest absolute Gasteiger partial charge is 0.507 e. The van der Waals surface area contributed by atoms with E-state index in [1.165, 1.54) is 17.7 Å². The van der Waals surface area contributed by atoms with Gasteiger partial charge in [-0.2, -0.15) is 0 Å². The first kappa shape index (κ1) is 21.9. The van der Waals surface area contributed by atoms with E-state index in [-0.39, 0.29) is 14.4 Å². The van der Waals surface area contributed by atoms with Crippen LogP contribution in [-0.2, 0) is 12.8 Å². The Balaban J connectivity index is 1.75. The highest BCUT2D eigenvalue weighted by Crippen LogP contribution is 2.28. The Hall–Kier alpha value is -3.29. The van der Waals surface area contributed by atoms with E-state index in [0.29, 0.717) is 12.2 Å². The molecule has 2 nitrogen and oxygen atoms in total. The molecule has 0 fully saturated rings. The Labute approximate surface area is 190 Å². The molecule has 0 aliphatic heterocycles. The lowest BCUT2D eigenvalue weighted by Gasteiger charge is -2.15. The molecule has 0 spiro atoms. The monoisotopic (exact) mass is 441 g/mol. The molecule has 1 N–H and O–H groups in total. The molecule has 0 aliphatic rings. The van der Waals surface area contributed by atoms with Gasteiger partial charge in [-0.1, -0.05) is 81.4 Å². The zero-order valence-corrected chi connectivity index (χ0v) is 18.9. The molecule has 4 aromatic carbocycles. The zero-order chi connectivity index (χ0) is 22.3. The molecule has 32 heavy (non-hydrogen) atoms. The van der Waals surface area contributed by atoms with Crippen molar-refractivity contribution in [2.75, 3.05) is 7.05 Å². The number of benzene rings is 4. The predicted molar refractivity (Wildman–Crippen MR) is 134 cm³/mol. The Morgan fingerprint density at radius 1 is 0.781 bits per heavy atom. The molecule has 0 aliphatic carbocycles. The molecule has 0 heterocycles. The maximum Gasteiger partial charge on any atom is 0.126 e. The third-order valence-electron chi connectivity index (χ3n) is 5.29. The molecule has 0 amide bonds. The molecular formula is C28H25FNOP. The second kappa shape index (κ2) is 10.3. The maximum atomic E-state index is 13.8. The third kappa shape index (κ3) is 5.49. The molecule has 0 saturated carbocycles. The minimum Gasteiger partial charge on any atom is -0.507 e. The first-order valence-electron chi connectivity index (χ1n) is 10.5. The van der Waals surface area contributed by atoms with Crippen molar-refractivity contribution < 1.29 is 9.50 Å². The molecule has 0 aromatic heterocycles. The summed E-state index contributed by atoms with van der Waals surface area (Å²) in [6, 6.07) is 29.4. The number of aliphatic imine (C=N–C) groups is 1. The molecule has 1 atom stereocenters. The molecule has 4 aromatic rings. The van der Waals surface area contributed by atoms with E-state index in [1.54, 1.807) is 19.3 Å². The van der Waals surface area contributed by atoms with E-state index >= 15 is 0 Å². The second-order valence-electron chi connectivity index (χ2n) is 7.72. The van der Waals surface area contributed by atoms with E-state index in [4.69, 9.17) is 0 Å². The van der Waals surface area contributed by atoms with Crippen LogP contribution in [0.4, 0.5) is 4.39 Å². The van der Waals surface area contributed by atoms with Crippen molar-refractivity contribution in [1.82, 2.24) is 0 Å². The van der Waals surface area contributed by atoms with E-state index in [0.717, 1.165) is 39.3 Å². The Kier molecular flexibility index (Phi) is 7.09. The van der Waals surface area contributed by atoms with Crippen molar-refractivity contribution in [2.45, 2.75) is 12.8 Å². The third-order valence-corrected chi connectivity index (χ3v) is 6.66. The summed E-state index contributed by atoms with van der Waals surface area (Å²) in [6.45, 7) is 0. The maximum absolute atomic E-state index is 13.8. The number of hydrogen-bond acceptors (Lipinski definition) is 2. The van der Waals surface area contributed by atoms with Gasteiger partial charge in [0.2, 0.25) is 0 Å². The second-order valence-corrected chi connectivity index (χ2v) is 9.05. The normalized spacial score (nSPS) is 11.6. The van der Waals surface area contributed by atoms with Gasteiger partial charge in [-0.05, 0) is 52.2 Å². The number of hydrogen-bond donors (Lipinski definition) is 1. The fourth-order valence-corrected chi connectivity index (χ4v) is 5.05. The summed E-state index contributed by atoms with van der Waals surface area (Å²) >= 11 is 0. The lowest BCUT2D eigenvalue weighted by Crippen LogP contribution is -2.12. The van der Waals surface area contributed by atoms with Crippen LogP contribution in [0.25, 0.3) is 0 Å². The van der Waals surface area contributed by atoms with E-state index in [9.17, 15) is 9.50 Å². The van der Waals surface area contributed by atoms with Gasteiger partial charge in [-0.15, -0.1) is 0 Å². The van der Waals surface area contributed by atoms with Crippen LogP contribution in [0.15, 0.2) is 96.0 Å². The average molecular weight is 441 g/mol. The van der Waals surface area contributed by atoms with Crippen molar-refractivity contribution in [3.63, 3.8) is 0 Å². The van der Waals surface area contributed by atoms with Crippen LogP contribution in [0.2, 0.25) is 0 Å². The topological polar surface area (TPSA) is 32.6 Å². The molecule has 160 valence electrons. The summed E-state index contributed by atoms with van der Waals surface area (Å²) < 4.78 is 13.8. The predicted octanol–water partition coefficient (Wildman–Crippen LogP) is 5.39. The highest BCUT2D eigenvalue weighted by atomic mass is 31.1. The Bertz CT molecular complexity index is 1220. The van der Waals surface area contributed by atoms with Crippen LogP contribution in [0.3, 0.4) is 0 Å². The first-order chi connectivity index (χ1) is 15.6. The summed E-state index contributed by atoms with van der Waals surface area (Å²) in [5.41, 5.74) is 5.16. The van der Waals surface area contributed by atoms with Crippen LogP contribution in [-0.4, -0.2) is 18.4 Å². The molecule has 0 bridgehead atoms. The van der Waals surface area contributed by atoms with Gasteiger partial charge in [0.05, 0.1) is 0 Å². The molecule has 1 unspecified atom stereocenters. The van der Waals surface area contributed by atoms with Gasteiger partial charge >= 0.3 is 0 Å². The van der Waals surface area contributed by atoms with Crippen molar-refractivity contribution in [2.24, 2.45) is 4.99 Å². The molecule has 4 heteroatoms. The number of nitrogens with zero attached hydrogens (tertiary/aromatic N) is 1. The van der Waals surface area contributed by atoms with Crippen molar-refractivity contribution in [3.05, 3.63) is 125 Å². The van der Waals surface area contributed by atoms with Gasteiger partial charge in [-0.25, -0.2) is 4.39 Å². The highest BCUT2D eigenvalue weighted by Gasteiger charge is 2.14. The number of aromatic hydroxyl groups is 1. The number of phenols is 1. The number of halogens is 1. The van der Waals surface area contributed by atoms with Gasteiger partial charge in [0, 0.05) is 30.6 Å². The molecular weight excluding hydrogens is 416 g/mol. The fraction of sp³-hybridized carbons (Fsp3) is 0.107. The lowest BCUT2D eigenvalue weighted by molar-refractivity contribution is 0.474. The zero-order valence-electron chi connectivity index (χ0n) is 17.9. The van der Waals surface area contributed by atoms with Crippen molar-refractivity contribution in [1.29, 1.82) is 0 Å². The summed E-state index contributed by atoms with van der Waals surface area (Å²) in [7, 11) is 1.86. The van der Waals surface area contributed by atoms with Crippen LogP contribution < -0.4 is 10.6 Å². The Morgan fingerprint density at radius 2 is 1.44 bits per heavy atom. The van der Waals surface area contributed by atoms with E-state index < -0.39 is 0 Å². The van der Waals surface area contributed by atoms with Crippen LogP contribution >= 0.6 is 8.58 Å². The minimum absolute atomic E-state index is 0.187. The summed E-state index contributed by atoms with van der Waals surface area (Å²) in [4.78, 5) is 4.07. The van der Waals surface area contributed by atoms with Gasteiger partial charge in [-0.3, -0.25) is 4.99 Å². The van der Waals surface area contributed by atoms with Gasteiger partial charge in [0.1, 0.15) is 11.6 Å². The lowest BCUT2D eigenvalue weighted by atomic mass is 9.98. The van der Waals surface area contributed by atoms with E-state index in [1.807, 2.05) is 36.4 Å². The number of rotatable bonds is 7. The van der Waals surface area contributed by atoms with E-state index in [2.05, 4.69) is 41.4 Å². The summed E-state index contributed by atoms with van der Waals surface area (Å²) in [5, 5.41) is 13.0. The molecule has 0 radical (unpaired) electrons. The minimum atomic E-state index is -0.291.